The molecule has 0 saturated heterocycles. The van der Waals surface area contributed by atoms with Crippen LogP contribution in [0.2, 0.25) is 0 Å². The van der Waals surface area contributed by atoms with Crippen molar-refractivity contribution in [2.24, 2.45) is 0 Å². The first kappa shape index (κ1) is 11.1. The molecule has 0 saturated carbocycles. The zero-order chi connectivity index (χ0) is 11.7. The molecule has 1 heterocycles. The first-order valence-corrected chi connectivity index (χ1v) is 5.65. The van der Waals surface area contributed by atoms with Crippen LogP contribution >= 0.6 is 15.9 Å². The molecular weight excluding hydrogens is 270 g/mol. The molecule has 0 amide bonds. The van der Waals surface area contributed by atoms with Gasteiger partial charge in [0.15, 0.2) is 0 Å². The maximum atomic E-state index is 10.9. The molecule has 1 atom stereocenters. The Hall–Kier alpha value is -1.42. The zero-order valence-electron chi connectivity index (χ0n) is 8.64. The number of fused-ring (bicyclic) bond motifs is 1. The molecule has 0 aliphatic carbocycles. The first-order valence-electron chi connectivity index (χ1n) is 4.86. The van der Waals surface area contributed by atoms with Gasteiger partial charge in [0.1, 0.15) is 0 Å². The van der Waals surface area contributed by atoms with Crippen molar-refractivity contribution in [3.05, 3.63) is 40.5 Å². The lowest BCUT2D eigenvalue weighted by atomic mass is 9.99. The van der Waals surface area contributed by atoms with Gasteiger partial charge in [0.2, 0.25) is 0 Å². The van der Waals surface area contributed by atoms with E-state index in [0.717, 1.165) is 20.9 Å². The summed E-state index contributed by atoms with van der Waals surface area (Å²) >= 11 is 3.34. The number of carboxylic acids is 1. The van der Waals surface area contributed by atoms with E-state index in [2.05, 4.69) is 20.9 Å². The van der Waals surface area contributed by atoms with Gasteiger partial charge in [0, 0.05) is 16.1 Å². The number of carboxylic acid groups (broad SMARTS) is 1. The van der Waals surface area contributed by atoms with E-state index < -0.39 is 11.9 Å². The van der Waals surface area contributed by atoms with E-state index >= 15 is 0 Å². The van der Waals surface area contributed by atoms with Crippen LogP contribution < -0.4 is 0 Å². The molecule has 1 aromatic carbocycles. The summed E-state index contributed by atoms with van der Waals surface area (Å²) in [6.45, 7) is 1.68. The molecule has 0 bridgehead atoms. The third kappa shape index (κ3) is 2.07. The lowest BCUT2D eigenvalue weighted by molar-refractivity contribution is -0.138. The zero-order valence-corrected chi connectivity index (χ0v) is 10.2. The van der Waals surface area contributed by atoms with Crippen molar-refractivity contribution < 1.29 is 9.90 Å². The number of benzene rings is 1. The molecule has 0 aliphatic rings. The normalized spacial score (nSPS) is 12.6. The standard InChI is InChI=1S/C12H10BrNO2/c1-7(12(15)16)8-2-3-11-9(4-8)5-10(13)6-14-11/h2-7H,1H3,(H,15,16). The molecular formula is C12H10BrNO2. The number of hydrogen-bond donors (Lipinski definition) is 1. The van der Waals surface area contributed by atoms with Crippen LogP contribution in [0.4, 0.5) is 0 Å². The number of halogens is 1. The van der Waals surface area contributed by atoms with Crippen molar-refractivity contribution in [2.75, 3.05) is 0 Å². The van der Waals surface area contributed by atoms with E-state index in [0.29, 0.717) is 0 Å². The number of pyridine rings is 1. The van der Waals surface area contributed by atoms with Crippen LogP contribution in [-0.2, 0) is 4.79 Å². The van der Waals surface area contributed by atoms with E-state index in [9.17, 15) is 4.79 Å². The van der Waals surface area contributed by atoms with Gasteiger partial charge in [-0.3, -0.25) is 9.78 Å². The summed E-state index contributed by atoms with van der Waals surface area (Å²) in [7, 11) is 0. The minimum atomic E-state index is -0.817. The van der Waals surface area contributed by atoms with E-state index in [1.807, 2.05) is 24.3 Å². The van der Waals surface area contributed by atoms with Crippen molar-refractivity contribution in [3.8, 4) is 0 Å². The summed E-state index contributed by atoms with van der Waals surface area (Å²) in [4.78, 5) is 15.1. The van der Waals surface area contributed by atoms with Gasteiger partial charge in [-0.2, -0.15) is 0 Å². The van der Waals surface area contributed by atoms with Crippen LogP contribution in [0.25, 0.3) is 10.9 Å². The molecule has 2 rings (SSSR count). The maximum Gasteiger partial charge on any atom is 0.310 e. The Morgan fingerprint density at radius 2 is 2.19 bits per heavy atom. The molecule has 2 aromatic rings. The van der Waals surface area contributed by atoms with E-state index in [-0.39, 0.29) is 0 Å². The summed E-state index contributed by atoms with van der Waals surface area (Å²) < 4.78 is 0.889. The third-order valence-corrected chi connectivity index (χ3v) is 2.98. The highest BCUT2D eigenvalue weighted by atomic mass is 79.9. The topological polar surface area (TPSA) is 50.2 Å². The largest absolute Gasteiger partial charge is 0.481 e. The Morgan fingerprint density at radius 1 is 1.44 bits per heavy atom. The molecule has 0 fully saturated rings. The van der Waals surface area contributed by atoms with Gasteiger partial charge < -0.3 is 5.11 Å². The second-order valence-electron chi connectivity index (χ2n) is 3.67. The van der Waals surface area contributed by atoms with Gasteiger partial charge in [-0.05, 0) is 46.6 Å². The predicted octanol–water partition coefficient (Wildman–Crippen LogP) is 3.19. The number of rotatable bonds is 2. The molecule has 1 unspecified atom stereocenters. The second kappa shape index (κ2) is 4.22. The van der Waals surface area contributed by atoms with Crippen molar-refractivity contribution in [2.45, 2.75) is 12.8 Å². The smallest absolute Gasteiger partial charge is 0.310 e. The Balaban J connectivity index is 2.54. The van der Waals surface area contributed by atoms with E-state index in [1.54, 1.807) is 13.1 Å². The minimum Gasteiger partial charge on any atom is -0.481 e. The maximum absolute atomic E-state index is 10.9. The van der Waals surface area contributed by atoms with Crippen molar-refractivity contribution >= 4 is 32.8 Å². The van der Waals surface area contributed by atoms with Crippen LogP contribution in [-0.4, -0.2) is 16.1 Å². The highest BCUT2D eigenvalue weighted by Gasteiger charge is 2.13. The van der Waals surface area contributed by atoms with Gasteiger partial charge in [-0.25, -0.2) is 0 Å². The fraction of sp³-hybridized carbons (Fsp3) is 0.167. The summed E-state index contributed by atoms with van der Waals surface area (Å²) in [5.41, 5.74) is 1.66. The molecule has 0 aliphatic heterocycles. The van der Waals surface area contributed by atoms with Crippen molar-refractivity contribution in [3.63, 3.8) is 0 Å². The van der Waals surface area contributed by atoms with Gasteiger partial charge in [0.25, 0.3) is 0 Å². The van der Waals surface area contributed by atoms with Crippen molar-refractivity contribution in [1.82, 2.24) is 4.98 Å². The third-order valence-electron chi connectivity index (χ3n) is 2.54. The lowest BCUT2D eigenvalue weighted by Gasteiger charge is -2.07. The molecule has 16 heavy (non-hydrogen) atoms. The molecule has 4 heteroatoms. The average Bonchev–Trinajstić information content (AvgIpc) is 2.26. The van der Waals surface area contributed by atoms with Crippen LogP contribution in [0.5, 0.6) is 0 Å². The number of aromatic nitrogens is 1. The van der Waals surface area contributed by atoms with Crippen LogP contribution in [0.15, 0.2) is 34.9 Å². The second-order valence-corrected chi connectivity index (χ2v) is 4.58. The van der Waals surface area contributed by atoms with Crippen LogP contribution in [0.1, 0.15) is 18.4 Å². The van der Waals surface area contributed by atoms with E-state index in [4.69, 9.17) is 5.11 Å². The average molecular weight is 280 g/mol. The highest BCUT2D eigenvalue weighted by molar-refractivity contribution is 9.10. The fourth-order valence-corrected chi connectivity index (χ4v) is 1.88. The summed E-state index contributed by atoms with van der Waals surface area (Å²) in [5.74, 6) is -1.31. The summed E-state index contributed by atoms with van der Waals surface area (Å²) in [5, 5.41) is 9.88. The quantitative estimate of drug-likeness (QED) is 0.919. The molecule has 3 nitrogen and oxygen atoms in total. The SMILES string of the molecule is CC(C(=O)O)c1ccc2ncc(Br)cc2c1. The molecule has 82 valence electrons. The predicted molar refractivity (Wildman–Crippen MR) is 65.5 cm³/mol. The Kier molecular flexibility index (Phi) is 2.92. The van der Waals surface area contributed by atoms with E-state index in [1.165, 1.54) is 0 Å². The Bertz CT molecular complexity index is 554. The number of nitrogens with zero attached hydrogens (tertiary/aromatic N) is 1. The summed E-state index contributed by atoms with van der Waals surface area (Å²) in [6, 6.07) is 7.45. The number of carbonyl (C=O) groups is 1. The van der Waals surface area contributed by atoms with Gasteiger partial charge in [-0.15, -0.1) is 0 Å². The Morgan fingerprint density at radius 3 is 2.88 bits per heavy atom. The van der Waals surface area contributed by atoms with Crippen LogP contribution in [0.3, 0.4) is 0 Å². The lowest BCUT2D eigenvalue weighted by Crippen LogP contribution is -2.07. The monoisotopic (exact) mass is 279 g/mol. The summed E-state index contributed by atoms with van der Waals surface area (Å²) in [6.07, 6.45) is 1.72. The first-order chi connectivity index (χ1) is 7.58. The van der Waals surface area contributed by atoms with Gasteiger partial charge in [-0.1, -0.05) is 6.07 Å². The van der Waals surface area contributed by atoms with Gasteiger partial charge in [0.05, 0.1) is 11.4 Å². The number of hydrogen-bond acceptors (Lipinski definition) is 2. The fourth-order valence-electron chi connectivity index (χ4n) is 1.54. The van der Waals surface area contributed by atoms with Gasteiger partial charge >= 0.3 is 5.97 Å². The Labute approximate surface area is 101 Å². The van der Waals surface area contributed by atoms with Crippen LogP contribution in [0, 0.1) is 0 Å². The molecule has 0 radical (unpaired) electrons. The highest BCUT2D eigenvalue weighted by Crippen LogP contribution is 2.22. The molecule has 0 spiro atoms. The number of aliphatic carboxylic acids is 1. The van der Waals surface area contributed by atoms with Crippen molar-refractivity contribution in [1.29, 1.82) is 0 Å². The minimum absolute atomic E-state index is 0.497. The molecule has 1 aromatic heterocycles. The molecule has 1 N–H and O–H groups in total.